The van der Waals surface area contributed by atoms with Crippen molar-refractivity contribution in [3.63, 3.8) is 0 Å². The summed E-state index contributed by atoms with van der Waals surface area (Å²) in [4.78, 5) is 27.6. The number of carboxylic acid groups (broad SMARTS) is 2. The quantitative estimate of drug-likeness (QED) is 0.551. The first-order chi connectivity index (χ1) is 9.43. The summed E-state index contributed by atoms with van der Waals surface area (Å²) in [5.41, 5.74) is -1.74. The van der Waals surface area contributed by atoms with E-state index in [1.54, 1.807) is 0 Å². The lowest BCUT2D eigenvalue weighted by atomic mass is 9.78. The van der Waals surface area contributed by atoms with Gasteiger partial charge in [0.15, 0.2) is 0 Å². The van der Waals surface area contributed by atoms with Crippen molar-refractivity contribution in [1.82, 2.24) is 0 Å². The van der Waals surface area contributed by atoms with Crippen molar-refractivity contribution in [3.05, 3.63) is 23.8 Å². The lowest BCUT2D eigenvalue weighted by Crippen LogP contribution is -2.39. The number of unbranched alkanes of at least 4 members (excludes halogenated alkanes) is 2. The Kier molecular flexibility index (Phi) is 5.49. The van der Waals surface area contributed by atoms with Gasteiger partial charge in [0.05, 0.1) is 5.57 Å². The van der Waals surface area contributed by atoms with Gasteiger partial charge in [-0.2, -0.15) is 0 Å². The van der Waals surface area contributed by atoms with E-state index in [9.17, 15) is 14.7 Å². The first-order valence-electron chi connectivity index (χ1n) is 6.50. The van der Waals surface area contributed by atoms with Crippen LogP contribution in [0.5, 0.6) is 0 Å². The van der Waals surface area contributed by atoms with Crippen molar-refractivity contribution in [2.75, 3.05) is 6.61 Å². The van der Waals surface area contributed by atoms with Crippen LogP contribution in [0, 0.1) is 5.41 Å². The molecule has 1 rings (SSSR count). The fraction of sp³-hybridized carbons (Fsp3) is 0.500. The van der Waals surface area contributed by atoms with Crippen molar-refractivity contribution in [2.45, 2.75) is 33.1 Å². The molecule has 1 unspecified atom stereocenters. The summed E-state index contributed by atoms with van der Waals surface area (Å²) in [6.07, 6.45) is 6.92. The highest BCUT2D eigenvalue weighted by atomic mass is 16.6. The molecule has 0 bridgehead atoms. The summed E-state index contributed by atoms with van der Waals surface area (Å²) in [6.45, 7) is 3.78. The molecule has 0 amide bonds. The maximum absolute atomic E-state index is 11.4. The fourth-order valence-corrected chi connectivity index (χ4v) is 1.79. The van der Waals surface area contributed by atoms with Crippen molar-refractivity contribution < 1.29 is 24.6 Å². The Hall–Kier alpha value is -2.11. The Morgan fingerprint density at radius 2 is 2.05 bits per heavy atom. The predicted octanol–water partition coefficient (Wildman–Crippen LogP) is 2.22. The standard InChI is InChI=1S/C14H19NO5/c1-3-4-5-9-20-15-11-10(12(16)17)7-6-8-14(11,2)13(18)19/h6-8H,3-5,9H2,1-2H3,(H,16,17)(H,18,19). The third-order valence-corrected chi connectivity index (χ3v) is 3.11. The van der Waals surface area contributed by atoms with Gasteiger partial charge in [-0.05, 0) is 19.4 Å². The minimum absolute atomic E-state index is 0.0866. The zero-order valence-corrected chi connectivity index (χ0v) is 11.6. The molecule has 6 nitrogen and oxygen atoms in total. The molecule has 1 atom stereocenters. The van der Waals surface area contributed by atoms with Crippen molar-refractivity contribution >= 4 is 17.7 Å². The summed E-state index contributed by atoms with van der Waals surface area (Å²) in [7, 11) is 0. The summed E-state index contributed by atoms with van der Waals surface area (Å²) in [6, 6.07) is 0. The fourth-order valence-electron chi connectivity index (χ4n) is 1.79. The summed E-state index contributed by atoms with van der Waals surface area (Å²) in [5.74, 6) is -2.39. The molecule has 0 saturated carbocycles. The number of hydrogen-bond acceptors (Lipinski definition) is 4. The monoisotopic (exact) mass is 281 g/mol. The maximum Gasteiger partial charge on any atom is 0.337 e. The number of carbonyl (C=O) groups is 2. The van der Waals surface area contributed by atoms with Gasteiger partial charge in [-0.3, -0.25) is 4.79 Å². The van der Waals surface area contributed by atoms with Gasteiger partial charge in [0, 0.05) is 0 Å². The van der Waals surface area contributed by atoms with Gasteiger partial charge in [0.25, 0.3) is 0 Å². The molecule has 6 heteroatoms. The van der Waals surface area contributed by atoms with Crippen LogP contribution in [0.2, 0.25) is 0 Å². The van der Waals surface area contributed by atoms with Crippen LogP contribution in [0.3, 0.4) is 0 Å². The van der Waals surface area contributed by atoms with Gasteiger partial charge in [-0.25, -0.2) is 4.79 Å². The van der Waals surface area contributed by atoms with E-state index in [-0.39, 0.29) is 11.3 Å². The molecule has 20 heavy (non-hydrogen) atoms. The van der Waals surface area contributed by atoms with Gasteiger partial charge in [0.1, 0.15) is 17.7 Å². The first kappa shape index (κ1) is 15.9. The van der Waals surface area contributed by atoms with Gasteiger partial charge in [-0.15, -0.1) is 0 Å². The first-order valence-corrected chi connectivity index (χ1v) is 6.50. The average molecular weight is 281 g/mol. The molecule has 0 radical (unpaired) electrons. The van der Waals surface area contributed by atoms with E-state index in [1.165, 1.54) is 25.2 Å². The molecule has 0 aromatic rings. The second-order valence-electron chi connectivity index (χ2n) is 4.73. The maximum atomic E-state index is 11.4. The molecule has 0 aromatic carbocycles. The number of aliphatic carboxylic acids is 2. The highest BCUT2D eigenvalue weighted by Crippen LogP contribution is 2.29. The van der Waals surface area contributed by atoms with Crippen LogP contribution in [-0.4, -0.2) is 34.5 Å². The van der Waals surface area contributed by atoms with Crippen LogP contribution in [0.15, 0.2) is 29.0 Å². The third-order valence-electron chi connectivity index (χ3n) is 3.11. The van der Waals surface area contributed by atoms with E-state index in [4.69, 9.17) is 9.94 Å². The second kappa shape index (κ2) is 6.88. The third kappa shape index (κ3) is 3.46. The van der Waals surface area contributed by atoms with Crippen LogP contribution in [0.25, 0.3) is 0 Å². The van der Waals surface area contributed by atoms with Crippen molar-refractivity contribution in [3.8, 4) is 0 Å². The van der Waals surface area contributed by atoms with E-state index < -0.39 is 17.4 Å². The number of carboxylic acids is 2. The molecule has 0 aromatic heterocycles. The molecule has 1 aliphatic rings. The van der Waals surface area contributed by atoms with Crippen molar-refractivity contribution in [1.29, 1.82) is 0 Å². The van der Waals surface area contributed by atoms with Gasteiger partial charge in [-0.1, -0.05) is 37.1 Å². The summed E-state index contributed by atoms with van der Waals surface area (Å²) in [5, 5.41) is 22.2. The van der Waals surface area contributed by atoms with Crippen molar-refractivity contribution in [2.24, 2.45) is 10.6 Å². The number of allylic oxidation sites excluding steroid dienone is 2. The predicted molar refractivity (Wildman–Crippen MR) is 73.5 cm³/mol. The molecule has 2 N–H and O–H groups in total. The Bertz CT molecular complexity index is 478. The Labute approximate surface area is 117 Å². The molecule has 0 fully saturated rings. The largest absolute Gasteiger partial charge is 0.480 e. The van der Waals surface area contributed by atoms with E-state index >= 15 is 0 Å². The number of nitrogens with zero attached hydrogens (tertiary/aromatic N) is 1. The Morgan fingerprint density at radius 1 is 1.35 bits per heavy atom. The van der Waals surface area contributed by atoms with E-state index in [0.29, 0.717) is 6.61 Å². The number of oxime groups is 1. The van der Waals surface area contributed by atoms with E-state index in [1.807, 2.05) is 6.92 Å². The van der Waals surface area contributed by atoms with Crippen LogP contribution in [0.1, 0.15) is 33.1 Å². The molecule has 0 heterocycles. The zero-order chi connectivity index (χ0) is 15.2. The molecule has 0 spiro atoms. The van der Waals surface area contributed by atoms with Crippen LogP contribution >= 0.6 is 0 Å². The van der Waals surface area contributed by atoms with Gasteiger partial charge >= 0.3 is 11.9 Å². The van der Waals surface area contributed by atoms with Crippen LogP contribution < -0.4 is 0 Å². The van der Waals surface area contributed by atoms with E-state index in [2.05, 4.69) is 5.16 Å². The molecule has 110 valence electrons. The minimum Gasteiger partial charge on any atom is -0.480 e. The lowest BCUT2D eigenvalue weighted by Gasteiger charge is -2.25. The lowest BCUT2D eigenvalue weighted by molar-refractivity contribution is -0.142. The number of hydrogen-bond donors (Lipinski definition) is 2. The molecule has 0 saturated heterocycles. The molecule has 1 aliphatic carbocycles. The highest BCUT2D eigenvalue weighted by molar-refractivity contribution is 6.27. The summed E-state index contributed by atoms with van der Waals surface area (Å²) < 4.78 is 0. The number of rotatable bonds is 7. The molecule has 0 aliphatic heterocycles. The highest BCUT2D eigenvalue weighted by Gasteiger charge is 2.42. The normalized spacial score (nSPS) is 23.5. The average Bonchev–Trinajstić information content (AvgIpc) is 2.39. The smallest absolute Gasteiger partial charge is 0.337 e. The van der Waals surface area contributed by atoms with Gasteiger partial charge in [0.2, 0.25) is 0 Å². The SMILES string of the molecule is CCCCCON=C1C(C(=O)O)=CC=CC1(C)C(=O)O. The Balaban J connectivity index is 2.96. The van der Waals surface area contributed by atoms with E-state index in [0.717, 1.165) is 19.3 Å². The minimum atomic E-state index is -1.49. The zero-order valence-electron chi connectivity index (χ0n) is 11.6. The van der Waals surface area contributed by atoms with Crippen LogP contribution in [-0.2, 0) is 14.4 Å². The topological polar surface area (TPSA) is 96.2 Å². The Morgan fingerprint density at radius 3 is 2.60 bits per heavy atom. The molecular formula is C14H19NO5. The van der Waals surface area contributed by atoms with Gasteiger partial charge < -0.3 is 15.1 Å². The summed E-state index contributed by atoms with van der Waals surface area (Å²) >= 11 is 0. The molecular weight excluding hydrogens is 262 g/mol. The second-order valence-corrected chi connectivity index (χ2v) is 4.73. The van der Waals surface area contributed by atoms with Crippen LogP contribution in [0.4, 0.5) is 0 Å².